The molecule has 0 aromatic heterocycles. The van der Waals surface area contributed by atoms with E-state index in [2.05, 4.69) is 10.1 Å². The van der Waals surface area contributed by atoms with Gasteiger partial charge in [0.05, 0.1) is 0 Å². The smallest absolute Gasteiger partial charge is 0.356 e. The molecule has 0 rings (SSSR count). The first kappa shape index (κ1) is 13.7. The van der Waals surface area contributed by atoms with Gasteiger partial charge in [-0.2, -0.15) is 8.42 Å². The predicted octanol–water partition coefficient (Wildman–Crippen LogP) is 0.361. The summed E-state index contributed by atoms with van der Waals surface area (Å²) < 4.78 is 32.9. The minimum Gasteiger partial charge on any atom is -0.356 e. The quantitative estimate of drug-likeness (QED) is 0.417. The predicted molar refractivity (Wildman–Crippen MR) is 53.6 cm³/mol. The lowest BCUT2D eigenvalue weighted by atomic mass is 10.3. The Bertz CT molecular complexity index is 351. The number of hydrogen-bond donors (Lipinski definition) is 2. The van der Waals surface area contributed by atoms with E-state index in [-0.39, 0.29) is 0 Å². The fourth-order valence-electron chi connectivity index (χ4n) is 0.606. The highest BCUT2D eigenvalue weighted by molar-refractivity contribution is 7.86. The van der Waals surface area contributed by atoms with Gasteiger partial charge < -0.3 is 10.1 Å². The maximum absolute atomic E-state index is 10.8. The summed E-state index contributed by atoms with van der Waals surface area (Å²) in [6.45, 7) is 2.45. The Morgan fingerprint density at radius 2 is 2.20 bits per heavy atom. The summed E-state index contributed by atoms with van der Waals surface area (Å²) in [4.78, 5) is 10.8. The SMILES string of the molecule is CCCCNC(=O)OC#CCS(=O)(=O)O. The molecular weight excluding hydrogens is 222 g/mol. The van der Waals surface area contributed by atoms with Crippen molar-refractivity contribution in [1.82, 2.24) is 5.32 Å². The summed E-state index contributed by atoms with van der Waals surface area (Å²) in [7, 11) is -4.13. The third-order valence-corrected chi connectivity index (χ3v) is 1.78. The van der Waals surface area contributed by atoms with E-state index in [1.807, 2.05) is 19.0 Å². The Hall–Kier alpha value is -1.26. The summed E-state index contributed by atoms with van der Waals surface area (Å²) >= 11 is 0. The highest BCUT2D eigenvalue weighted by Crippen LogP contribution is 1.84. The third kappa shape index (κ3) is 10.7. The van der Waals surface area contributed by atoms with E-state index in [1.165, 1.54) is 0 Å². The minimum absolute atomic E-state index is 0.481. The molecule has 0 fully saturated rings. The molecule has 0 spiro atoms. The molecular formula is C8H13NO5S. The van der Waals surface area contributed by atoms with Gasteiger partial charge in [0.15, 0.2) is 0 Å². The van der Waals surface area contributed by atoms with Crippen molar-refractivity contribution in [1.29, 1.82) is 0 Å². The summed E-state index contributed by atoms with van der Waals surface area (Å²) in [6, 6.07) is 0. The molecule has 0 radical (unpaired) electrons. The van der Waals surface area contributed by atoms with Gasteiger partial charge in [-0.25, -0.2) is 4.79 Å². The Balaban J connectivity index is 3.71. The zero-order chi connectivity index (χ0) is 11.7. The second-order valence-electron chi connectivity index (χ2n) is 2.67. The molecule has 0 aliphatic carbocycles. The Morgan fingerprint density at radius 1 is 1.53 bits per heavy atom. The van der Waals surface area contributed by atoms with Crippen molar-refractivity contribution in [3.05, 3.63) is 0 Å². The third-order valence-electron chi connectivity index (χ3n) is 1.27. The number of unbranched alkanes of at least 4 members (excludes halogenated alkanes) is 1. The van der Waals surface area contributed by atoms with E-state index in [0.29, 0.717) is 6.54 Å². The zero-order valence-electron chi connectivity index (χ0n) is 8.32. The van der Waals surface area contributed by atoms with Crippen molar-refractivity contribution < 1.29 is 22.5 Å². The molecule has 0 unspecified atom stereocenters. The lowest BCUT2D eigenvalue weighted by molar-refractivity contribution is 0.191. The molecule has 0 aromatic rings. The molecule has 6 nitrogen and oxygen atoms in total. The normalized spacial score (nSPS) is 10.0. The van der Waals surface area contributed by atoms with Gasteiger partial charge in [-0.15, -0.1) is 0 Å². The van der Waals surface area contributed by atoms with E-state index in [0.717, 1.165) is 12.8 Å². The molecule has 0 heterocycles. The molecule has 0 aliphatic rings. The largest absolute Gasteiger partial charge is 0.421 e. The molecule has 7 heteroatoms. The average molecular weight is 235 g/mol. The molecule has 86 valence electrons. The number of amides is 1. The van der Waals surface area contributed by atoms with Gasteiger partial charge in [-0.05, 0) is 12.3 Å². The van der Waals surface area contributed by atoms with Crippen LogP contribution in [0.3, 0.4) is 0 Å². The molecule has 0 atom stereocenters. The van der Waals surface area contributed by atoms with Gasteiger partial charge in [-0.1, -0.05) is 13.3 Å². The second-order valence-corrected chi connectivity index (χ2v) is 4.13. The van der Waals surface area contributed by atoms with Crippen LogP contribution < -0.4 is 5.32 Å². The van der Waals surface area contributed by atoms with Gasteiger partial charge in [-0.3, -0.25) is 4.55 Å². The monoisotopic (exact) mass is 235 g/mol. The van der Waals surface area contributed by atoms with Crippen LogP contribution >= 0.6 is 0 Å². The maximum atomic E-state index is 10.8. The van der Waals surface area contributed by atoms with E-state index < -0.39 is 22.0 Å². The van der Waals surface area contributed by atoms with Crippen LogP contribution in [0.1, 0.15) is 19.8 Å². The van der Waals surface area contributed by atoms with Gasteiger partial charge in [0, 0.05) is 6.54 Å². The number of carbonyl (C=O) groups is 1. The van der Waals surface area contributed by atoms with Crippen LogP contribution in [0.4, 0.5) is 4.79 Å². The van der Waals surface area contributed by atoms with Crippen molar-refractivity contribution in [2.45, 2.75) is 19.8 Å². The van der Waals surface area contributed by atoms with Crippen LogP contribution in [0.15, 0.2) is 0 Å². The molecule has 0 saturated carbocycles. The van der Waals surface area contributed by atoms with Crippen LogP contribution in [0.2, 0.25) is 0 Å². The van der Waals surface area contributed by atoms with Crippen molar-refractivity contribution in [2.24, 2.45) is 0 Å². The molecule has 0 bridgehead atoms. The van der Waals surface area contributed by atoms with Gasteiger partial charge in [0.1, 0.15) is 11.9 Å². The van der Waals surface area contributed by atoms with Crippen LogP contribution in [0.5, 0.6) is 0 Å². The number of carbonyl (C=O) groups excluding carboxylic acids is 1. The van der Waals surface area contributed by atoms with Crippen molar-refractivity contribution >= 4 is 16.2 Å². The number of alkyl carbamates (subject to hydrolysis) is 1. The van der Waals surface area contributed by atoms with Crippen molar-refractivity contribution in [2.75, 3.05) is 12.3 Å². The Kier molecular flexibility index (Phi) is 6.49. The maximum Gasteiger partial charge on any atom is 0.421 e. The van der Waals surface area contributed by atoms with Crippen LogP contribution in [0, 0.1) is 12.0 Å². The molecule has 1 amide bonds. The average Bonchev–Trinajstić information content (AvgIpc) is 2.11. The van der Waals surface area contributed by atoms with E-state index in [4.69, 9.17) is 4.55 Å². The molecule has 0 aliphatic heterocycles. The molecule has 15 heavy (non-hydrogen) atoms. The van der Waals surface area contributed by atoms with E-state index >= 15 is 0 Å². The number of hydrogen-bond acceptors (Lipinski definition) is 4. The zero-order valence-corrected chi connectivity index (χ0v) is 9.13. The fourth-order valence-corrected chi connectivity index (χ4v) is 0.848. The van der Waals surface area contributed by atoms with Gasteiger partial charge in [0.25, 0.3) is 10.1 Å². The standard InChI is InChI=1S/C8H13NO5S/c1-2-3-5-9-8(10)14-6-4-7-15(11,12)13/h2-3,5,7H2,1H3,(H,9,10)(H,11,12,13). The molecule has 0 saturated heterocycles. The first-order valence-corrected chi connectivity index (χ1v) is 5.94. The van der Waals surface area contributed by atoms with E-state index in [9.17, 15) is 13.2 Å². The van der Waals surface area contributed by atoms with Crippen LogP contribution in [-0.4, -0.2) is 31.4 Å². The summed E-state index contributed by atoms with van der Waals surface area (Å²) in [5.41, 5.74) is 0. The number of ether oxygens (including phenoxy) is 1. The van der Waals surface area contributed by atoms with Gasteiger partial charge >= 0.3 is 6.09 Å². The minimum atomic E-state index is -4.13. The molecule has 2 N–H and O–H groups in total. The summed E-state index contributed by atoms with van der Waals surface area (Å²) in [5, 5.41) is 2.41. The Morgan fingerprint density at radius 3 is 2.73 bits per heavy atom. The highest BCUT2D eigenvalue weighted by Gasteiger charge is 2.00. The highest BCUT2D eigenvalue weighted by atomic mass is 32.2. The van der Waals surface area contributed by atoms with E-state index in [1.54, 1.807) is 0 Å². The number of nitrogens with one attached hydrogen (secondary N) is 1. The summed E-state index contributed by atoms with van der Waals surface area (Å²) in [5.74, 6) is 1.22. The second kappa shape index (κ2) is 7.09. The Labute approximate surface area is 88.7 Å². The first-order chi connectivity index (χ1) is 6.95. The first-order valence-electron chi connectivity index (χ1n) is 4.33. The lowest BCUT2D eigenvalue weighted by Gasteiger charge is -1.99. The van der Waals surface area contributed by atoms with Crippen molar-refractivity contribution in [3.63, 3.8) is 0 Å². The van der Waals surface area contributed by atoms with Crippen molar-refractivity contribution in [3.8, 4) is 12.0 Å². The molecule has 0 aromatic carbocycles. The lowest BCUT2D eigenvalue weighted by Crippen LogP contribution is -2.23. The topological polar surface area (TPSA) is 92.7 Å². The summed E-state index contributed by atoms with van der Waals surface area (Å²) in [6.07, 6.45) is 2.90. The van der Waals surface area contributed by atoms with Gasteiger partial charge in [0.2, 0.25) is 0 Å². The van der Waals surface area contributed by atoms with Crippen LogP contribution in [0.25, 0.3) is 0 Å². The van der Waals surface area contributed by atoms with Crippen LogP contribution in [-0.2, 0) is 14.9 Å². The fraction of sp³-hybridized carbons (Fsp3) is 0.625. The number of rotatable bonds is 4.